The molecule has 0 amide bonds. The standard InChI is InChI=1S/C4H10B2O2/c1-3-7-5-6-8-4-2/h3-4H2,1-2H3. The highest BCUT2D eigenvalue weighted by Gasteiger charge is 1.90. The zero-order valence-corrected chi connectivity index (χ0v) is 5.39. The Bertz CT molecular complexity index is 37.0. The Morgan fingerprint density at radius 2 is 1.38 bits per heavy atom. The molecule has 0 aliphatic rings. The molecule has 0 aromatic rings. The van der Waals surface area contributed by atoms with Crippen LogP contribution < -0.4 is 0 Å². The van der Waals surface area contributed by atoms with Crippen molar-refractivity contribution in [3.05, 3.63) is 0 Å². The molecule has 0 aliphatic heterocycles. The molecule has 4 heteroatoms. The van der Waals surface area contributed by atoms with Crippen molar-refractivity contribution in [1.82, 2.24) is 0 Å². The van der Waals surface area contributed by atoms with Crippen LogP contribution in [0.5, 0.6) is 0 Å². The number of rotatable bonds is 5. The van der Waals surface area contributed by atoms with E-state index in [1.807, 2.05) is 13.8 Å². The Morgan fingerprint density at radius 3 is 1.62 bits per heavy atom. The van der Waals surface area contributed by atoms with E-state index in [9.17, 15) is 0 Å². The van der Waals surface area contributed by atoms with Crippen LogP contribution in [0.3, 0.4) is 0 Å². The molecule has 0 heterocycles. The SMILES string of the molecule is CCO[B][B]OCC. The fraction of sp³-hybridized carbons (Fsp3) is 1.00. The quantitative estimate of drug-likeness (QED) is 0.373. The van der Waals surface area contributed by atoms with E-state index >= 15 is 0 Å². The third kappa shape index (κ3) is 6.05. The molecule has 0 unspecified atom stereocenters. The van der Waals surface area contributed by atoms with E-state index < -0.39 is 0 Å². The summed E-state index contributed by atoms with van der Waals surface area (Å²) in [4.78, 5) is 0. The van der Waals surface area contributed by atoms with Crippen LogP contribution in [0.4, 0.5) is 0 Å². The molecule has 0 atom stereocenters. The molecule has 8 heavy (non-hydrogen) atoms. The van der Waals surface area contributed by atoms with Crippen LogP contribution in [0, 0.1) is 0 Å². The van der Waals surface area contributed by atoms with Crippen LogP contribution in [0.1, 0.15) is 13.8 Å². The van der Waals surface area contributed by atoms with E-state index in [0.29, 0.717) is 13.2 Å². The molecule has 0 aromatic carbocycles. The van der Waals surface area contributed by atoms with Crippen molar-refractivity contribution in [3.8, 4) is 0 Å². The summed E-state index contributed by atoms with van der Waals surface area (Å²) in [6, 6.07) is 0. The lowest BCUT2D eigenvalue weighted by Gasteiger charge is -1.95. The summed E-state index contributed by atoms with van der Waals surface area (Å²) >= 11 is 0. The molecule has 0 fully saturated rings. The largest absolute Gasteiger partial charge is 0.448 e. The van der Waals surface area contributed by atoms with E-state index in [1.54, 1.807) is 14.7 Å². The maximum atomic E-state index is 4.83. The second kappa shape index (κ2) is 7.05. The second-order valence-electron chi connectivity index (χ2n) is 1.18. The van der Waals surface area contributed by atoms with Crippen LogP contribution in [0.2, 0.25) is 0 Å². The predicted octanol–water partition coefficient (Wildman–Crippen LogP) is 0.213. The first-order valence-corrected chi connectivity index (χ1v) is 2.80. The smallest absolute Gasteiger partial charge is 0.282 e. The van der Waals surface area contributed by atoms with Crippen LogP contribution in [0.15, 0.2) is 0 Å². The monoisotopic (exact) mass is 112 g/mol. The van der Waals surface area contributed by atoms with Crippen LogP contribution in [0.25, 0.3) is 0 Å². The fourth-order valence-corrected chi connectivity index (χ4v) is 0.271. The molecule has 0 rings (SSSR count). The highest BCUT2D eigenvalue weighted by Crippen LogP contribution is 1.69. The van der Waals surface area contributed by atoms with Gasteiger partial charge in [-0.3, -0.25) is 0 Å². The van der Waals surface area contributed by atoms with Crippen molar-refractivity contribution in [3.63, 3.8) is 0 Å². The Morgan fingerprint density at radius 1 is 1.00 bits per heavy atom. The van der Waals surface area contributed by atoms with Gasteiger partial charge >= 0.3 is 0 Å². The molecule has 0 aliphatic carbocycles. The van der Waals surface area contributed by atoms with Gasteiger partial charge in [0, 0.05) is 13.2 Å². The molecular formula is C4H10B2O2. The molecule has 0 spiro atoms. The molecule has 0 saturated heterocycles. The van der Waals surface area contributed by atoms with Gasteiger partial charge in [0.15, 0.2) is 0 Å². The van der Waals surface area contributed by atoms with Gasteiger partial charge in [-0.2, -0.15) is 0 Å². The van der Waals surface area contributed by atoms with Gasteiger partial charge in [0.25, 0.3) is 14.7 Å². The summed E-state index contributed by atoms with van der Waals surface area (Å²) in [5.74, 6) is 0. The van der Waals surface area contributed by atoms with E-state index in [1.165, 1.54) is 0 Å². The highest BCUT2D eigenvalue weighted by atomic mass is 16.5. The maximum absolute atomic E-state index is 4.83. The Hall–Kier alpha value is 0.0499. The van der Waals surface area contributed by atoms with E-state index in [-0.39, 0.29) is 0 Å². The second-order valence-corrected chi connectivity index (χ2v) is 1.18. The van der Waals surface area contributed by atoms with E-state index in [2.05, 4.69) is 0 Å². The van der Waals surface area contributed by atoms with Crippen molar-refractivity contribution in [2.24, 2.45) is 0 Å². The normalized spacial score (nSPS) is 8.75. The lowest BCUT2D eigenvalue weighted by Crippen LogP contribution is -2.11. The lowest BCUT2D eigenvalue weighted by molar-refractivity contribution is 0.345. The first kappa shape index (κ1) is 8.05. The molecule has 2 nitrogen and oxygen atoms in total. The van der Waals surface area contributed by atoms with Crippen LogP contribution >= 0.6 is 0 Å². The summed E-state index contributed by atoms with van der Waals surface area (Å²) < 4.78 is 9.66. The molecule has 2 radical (unpaired) electrons. The summed E-state index contributed by atoms with van der Waals surface area (Å²) in [6.07, 6.45) is 0. The summed E-state index contributed by atoms with van der Waals surface area (Å²) in [6.45, 7) is 5.25. The average Bonchev–Trinajstić information content (AvgIpc) is 1.81. The van der Waals surface area contributed by atoms with Crippen LogP contribution in [-0.4, -0.2) is 28.0 Å². The predicted molar refractivity (Wildman–Crippen MR) is 34.8 cm³/mol. The summed E-state index contributed by atoms with van der Waals surface area (Å²) in [7, 11) is 3.09. The van der Waals surface area contributed by atoms with Gasteiger partial charge in [-0.05, 0) is 13.8 Å². The maximum Gasteiger partial charge on any atom is 0.282 e. The molecule has 0 bridgehead atoms. The molecule has 44 valence electrons. The van der Waals surface area contributed by atoms with E-state index in [4.69, 9.17) is 9.31 Å². The molecule has 0 N–H and O–H groups in total. The van der Waals surface area contributed by atoms with Gasteiger partial charge < -0.3 is 9.31 Å². The third-order valence-corrected chi connectivity index (χ3v) is 0.581. The van der Waals surface area contributed by atoms with E-state index in [0.717, 1.165) is 0 Å². The van der Waals surface area contributed by atoms with Crippen molar-refractivity contribution < 1.29 is 9.31 Å². The molecule has 0 saturated carbocycles. The van der Waals surface area contributed by atoms with Gasteiger partial charge in [-0.1, -0.05) is 0 Å². The number of hydrogen-bond acceptors (Lipinski definition) is 2. The third-order valence-electron chi connectivity index (χ3n) is 0.581. The zero-order chi connectivity index (χ0) is 6.24. The minimum absolute atomic E-state index is 0.698. The van der Waals surface area contributed by atoms with Crippen molar-refractivity contribution >= 4 is 14.7 Å². The van der Waals surface area contributed by atoms with Crippen LogP contribution in [-0.2, 0) is 9.31 Å². The molecule has 0 aromatic heterocycles. The summed E-state index contributed by atoms with van der Waals surface area (Å²) in [5.41, 5.74) is 0. The van der Waals surface area contributed by atoms with Gasteiger partial charge in [0.1, 0.15) is 0 Å². The zero-order valence-electron chi connectivity index (χ0n) is 5.39. The lowest BCUT2D eigenvalue weighted by atomic mass is 9.64. The van der Waals surface area contributed by atoms with Gasteiger partial charge in [0.2, 0.25) is 0 Å². The van der Waals surface area contributed by atoms with Gasteiger partial charge in [-0.25, -0.2) is 0 Å². The Balaban J connectivity index is 2.53. The minimum atomic E-state index is 0.698. The first-order valence-electron chi connectivity index (χ1n) is 2.80. The first-order chi connectivity index (χ1) is 3.91. The topological polar surface area (TPSA) is 18.5 Å². The fourth-order valence-electron chi connectivity index (χ4n) is 0.271. The highest BCUT2D eigenvalue weighted by molar-refractivity contribution is 6.93. The van der Waals surface area contributed by atoms with Crippen molar-refractivity contribution in [2.45, 2.75) is 13.8 Å². The Kier molecular flexibility index (Phi) is 7.09. The minimum Gasteiger partial charge on any atom is -0.448 e. The number of hydrogen-bond donors (Lipinski definition) is 0. The van der Waals surface area contributed by atoms with Crippen molar-refractivity contribution in [1.29, 1.82) is 0 Å². The van der Waals surface area contributed by atoms with Crippen molar-refractivity contribution in [2.75, 3.05) is 13.2 Å². The summed E-state index contributed by atoms with van der Waals surface area (Å²) in [5, 5.41) is 0. The molecular weight excluding hydrogens is 102 g/mol. The van der Waals surface area contributed by atoms with Gasteiger partial charge in [0.05, 0.1) is 0 Å². The van der Waals surface area contributed by atoms with Gasteiger partial charge in [-0.15, -0.1) is 0 Å². The Labute approximate surface area is 52.1 Å². The average molecular weight is 112 g/mol.